The van der Waals surface area contributed by atoms with Crippen LogP contribution in [0.1, 0.15) is 34.1 Å². The van der Waals surface area contributed by atoms with Crippen molar-refractivity contribution >= 4 is 0 Å². The number of ether oxygens (including phenoxy) is 1. The quantitative estimate of drug-likeness (QED) is 0.653. The van der Waals surface area contributed by atoms with Gasteiger partial charge in [-0.2, -0.15) is 0 Å². The average molecular weight is 145 g/mol. The van der Waals surface area contributed by atoms with Crippen LogP contribution in [0.25, 0.3) is 0 Å². The molecule has 0 aromatic rings. The van der Waals surface area contributed by atoms with Crippen LogP contribution in [-0.4, -0.2) is 18.2 Å². The maximum atomic E-state index is 5.98. The molecule has 0 aliphatic heterocycles. The standard InChI is InChI=1S/C8H19NO/c1-6-8(4,9)7(2,3)10-5/h6,9H2,1-5H3. The lowest BCUT2D eigenvalue weighted by molar-refractivity contribution is -0.0378. The summed E-state index contributed by atoms with van der Waals surface area (Å²) in [4.78, 5) is 0. The van der Waals surface area contributed by atoms with E-state index in [2.05, 4.69) is 6.92 Å². The van der Waals surface area contributed by atoms with Gasteiger partial charge in [-0.3, -0.25) is 0 Å². The fourth-order valence-electron chi connectivity index (χ4n) is 0.659. The fraction of sp³-hybridized carbons (Fsp3) is 1.00. The van der Waals surface area contributed by atoms with Gasteiger partial charge < -0.3 is 10.5 Å². The van der Waals surface area contributed by atoms with Crippen molar-refractivity contribution in [2.75, 3.05) is 7.11 Å². The Kier molecular flexibility index (Phi) is 2.86. The summed E-state index contributed by atoms with van der Waals surface area (Å²) >= 11 is 0. The van der Waals surface area contributed by atoms with Crippen LogP contribution in [0.3, 0.4) is 0 Å². The zero-order chi connectivity index (χ0) is 8.41. The van der Waals surface area contributed by atoms with Crippen LogP contribution < -0.4 is 5.73 Å². The second kappa shape index (κ2) is 2.89. The van der Waals surface area contributed by atoms with Gasteiger partial charge in [-0.1, -0.05) is 6.92 Å². The van der Waals surface area contributed by atoms with Gasteiger partial charge in [0.05, 0.1) is 5.60 Å². The van der Waals surface area contributed by atoms with Crippen molar-refractivity contribution in [3.8, 4) is 0 Å². The highest BCUT2D eigenvalue weighted by atomic mass is 16.5. The van der Waals surface area contributed by atoms with Crippen molar-refractivity contribution in [3.63, 3.8) is 0 Å². The highest BCUT2D eigenvalue weighted by Crippen LogP contribution is 2.24. The van der Waals surface area contributed by atoms with Gasteiger partial charge in [0, 0.05) is 12.6 Å². The summed E-state index contributed by atoms with van der Waals surface area (Å²) in [5, 5.41) is 0. The number of rotatable bonds is 3. The first-order chi connectivity index (χ1) is 4.37. The Balaban J connectivity index is 4.28. The van der Waals surface area contributed by atoms with Crippen LogP contribution in [0, 0.1) is 0 Å². The number of nitrogens with two attached hydrogens (primary N) is 1. The molecule has 0 aromatic carbocycles. The molecule has 0 radical (unpaired) electrons. The Bertz CT molecular complexity index is 93.8. The molecule has 0 bridgehead atoms. The lowest BCUT2D eigenvalue weighted by atomic mass is 9.83. The molecule has 2 heteroatoms. The van der Waals surface area contributed by atoms with E-state index in [1.165, 1.54) is 0 Å². The molecule has 0 fully saturated rings. The topological polar surface area (TPSA) is 35.2 Å². The summed E-state index contributed by atoms with van der Waals surface area (Å²) in [6.07, 6.45) is 0.924. The van der Waals surface area contributed by atoms with Crippen LogP contribution in [0.2, 0.25) is 0 Å². The van der Waals surface area contributed by atoms with E-state index in [1.807, 2.05) is 20.8 Å². The van der Waals surface area contributed by atoms with Crippen LogP contribution >= 0.6 is 0 Å². The van der Waals surface area contributed by atoms with Crippen molar-refractivity contribution in [3.05, 3.63) is 0 Å². The Morgan fingerprint density at radius 1 is 1.30 bits per heavy atom. The average Bonchev–Trinajstić information content (AvgIpc) is 1.88. The molecule has 0 aliphatic carbocycles. The molecule has 0 aliphatic rings. The first-order valence-electron chi connectivity index (χ1n) is 3.71. The van der Waals surface area contributed by atoms with Crippen molar-refractivity contribution in [2.45, 2.75) is 45.3 Å². The van der Waals surface area contributed by atoms with E-state index in [4.69, 9.17) is 10.5 Å². The smallest absolute Gasteiger partial charge is 0.0798 e. The third-order valence-electron chi connectivity index (χ3n) is 2.62. The normalized spacial score (nSPS) is 18.6. The predicted molar refractivity (Wildman–Crippen MR) is 44.0 cm³/mol. The summed E-state index contributed by atoms with van der Waals surface area (Å²) in [6, 6.07) is 0. The van der Waals surface area contributed by atoms with Crippen molar-refractivity contribution in [1.29, 1.82) is 0 Å². The molecule has 0 saturated heterocycles. The van der Waals surface area contributed by atoms with E-state index in [1.54, 1.807) is 7.11 Å². The molecule has 62 valence electrons. The monoisotopic (exact) mass is 145 g/mol. The van der Waals surface area contributed by atoms with E-state index < -0.39 is 0 Å². The lowest BCUT2D eigenvalue weighted by Crippen LogP contribution is -2.55. The fourth-order valence-corrected chi connectivity index (χ4v) is 0.659. The van der Waals surface area contributed by atoms with Crippen LogP contribution in [0.5, 0.6) is 0 Å². The molecule has 0 spiro atoms. The number of hydrogen-bond donors (Lipinski definition) is 1. The lowest BCUT2D eigenvalue weighted by Gasteiger charge is -2.39. The van der Waals surface area contributed by atoms with Gasteiger partial charge in [-0.25, -0.2) is 0 Å². The zero-order valence-electron chi connectivity index (χ0n) is 7.69. The summed E-state index contributed by atoms with van der Waals surface area (Å²) in [7, 11) is 1.70. The van der Waals surface area contributed by atoms with Crippen LogP contribution in [0.4, 0.5) is 0 Å². The second-order valence-corrected chi connectivity index (χ2v) is 3.49. The SMILES string of the molecule is CCC(C)(N)C(C)(C)OC. The molecule has 0 saturated carbocycles. The Morgan fingerprint density at radius 2 is 1.70 bits per heavy atom. The maximum Gasteiger partial charge on any atom is 0.0798 e. The van der Waals surface area contributed by atoms with E-state index >= 15 is 0 Å². The van der Waals surface area contributed by atoms with Crippen molar-refractivity contribution < 1.29 is 4.74 Å². The minimum atomic E-state index is -0.234. The van der Waals surface area contributed by atoms with Gasteiger partial charge in [-0.15, -0.1) is 0 Å². The number of methoxy groups -OCH3 is 1. The molecule has 0 aromatic heterocycles. The number of hydrogen-bond acceptors (Lipinski definition) is 2. The van der Waals surface area contributed by atoms with E-state index in [0.29, 0.717) is 0 Å². The van der Waals surface area contributed by atoms with Gasteiger partial charge in [0.15, 0.2) is 0 Å². The van der Waals surface area contributed by atoms with Crippen molar-refractivity contribution in [2.24, 2.45) is 5.73 Å². The van der Waals surface area contributed by atoms with Crippen LogP contribution in [0.15, 0.2) is 0 Å². The van der Waals surface area contributed by atoms with E-state index in [-0.39, 0.29) is 11.1 Å². The Morgan fingerprint density at radius 3 is 1.80 bits per heavy atom. The van der Waals surface area contributed by atoms with Crippen molar-refractivity contribution in [1.82, 2.24) is 0 Å². The Labute approximate surface area is 63.7 Å². The molecule has 0 heterocycles. The third-order valence-corrected chi connectivity index (χ3v) is 2.62. The summed E-state index contributed by atoms with van der Waals surface area (Å²) in [6.45, 7) is 8.10. The van der Waals surface area contributed by atoms with Crippen LogP contribution in [-0.2, 0) is 4.74 Å². The molecular formula is C8H19NO. The molecule has 10 heavy (non-hydrogen) atoms. The first-order valence-corrected chi connectivity index (χ1v) is 3.71. The molecule has 1 atom stereocenters. The molecule has 1 unspecified atom stereocenters. The summed E-state index contributed by atoms with van der Waals surface area (Å²) in [5.74, 6) is 0. The van der Waals surface area contributed by atoms with Gasteiger partial charge in [0.2, 0.25) is 0 Å². The molecule has 2 nitrogen and oxygen atoms in total. The van der Waals surface area contributed by atoms with Gasteiger partial charge in [-0.05, 0) is 27.2 Å². The highest BCUT2D eigenvalue weighted by Gasteiger charge is 2.35. The first kappa shape index (κ1) is 9.92. The highest BCUT2D eigenvalue weighted by molar-refractivity contribution is 4.94. The summed E-state index contributed by atoms with van der Waals surface area (Å²) in [5.41, 5.74) is 5.51. The predicted octanol–water partition coefficient (Wildman–Crippen LogP) is 1.54. The second-order valence-electron chi connectivity index (χ2n) is 3.49. The Hall–Kier alpha value is -0.0800. The molecular weight excluding hydrogens is 126 g/mol. The minimum absolute atomic E-state index is 0.234. The van der Waals surface area contributed by atoms with E-state index in [0.717, 1.165) is 6.42 Å². The largest absolute Gasteiger partial charge is 0.377 e. The van der Waals surface area contributed by atoms with Gasteiger partial charge in [0.25, 0.3) is 0 Å². The molecule has 2 N–H and O–H groups in total. The van der Waals surface area contributed by atoms with Gasteiger partial charge in [0.1, 0.15) is 0 Å². The minimum Gasteiger partial charge on any atom is -0.377 e. The third kappa shape index (κ3) is 1.70. The van der Waals surface area contributed by atoms with E-state index in [9.17, 15) is 0 Å². The maximum absolute atomic E-state index is 5.98. The zero-order valence-corrected chi connectivity index (χ0v) is 7.69. The summed E-state index contributed by atoms with van der Waals surface area (Å²) < 4.78 is 5.27. The van der Waals surface area contributed by atoms with Gasteiger partial charge >= 0.3 is 0 Å². The molecule has 0 amide bonds. The molecule has 0 rings (SSSR count).